The molecule has 3 heterocycles. The number of carbonyl (C=O) groups is 1. The van der Waals surface area contributed by atoms with Crippen LogP contribution in [0.25, 0.3) is 0 Å². The summed E-state index contributed by atoms with van der Waals surface area (Å²) in [6.45, 7) is 6.29. The minimum absolute atomic E-state index is 0.0989. The van der Waals surface area contributed by atoms with E-state index < -0.39 is 0 Å². The molecule has 1 N–H and O–H groups in total. The van der Waals surface area contributed by atoms with Gasteiger partial charge in [-0.1, -0.05) is 15.9 Å². The first-order valence-electron chi connectivity index (χ1n) is 11.0. The van der Waals surface area contributed by atoms with E-state index in [1.54, 1.807) is 6.92 Å². The number of anilines is 1. The van der Waals surface area contributed by atoms with E-state index in [2.05, 4.69) is 53.3 Å². The normalized spacial score (nSPS) is 31.5. The average Bonchev–Trinajstić information content (AvgIpc) is 3.37. The van der Waals surface area contributed by atoms with E-state index in [0.29, 0.717) is 11.8 Å². The maximum Gasteiger partial charge on any atom is 0.231 e. The van der Waals surface area contributed by atoms with Crippen LogP contribution in [0.5, 0.6) is 11.5 Å². The van der Waals surface area contributed by atoms with Crippen LogP contribution in [0.3, 0.4) is 0 Å². The molecule has 1 saturated heterocycles. The van der Waals surface area contributed by atoms with Crippen LogP contribution in [0.4, 0.5) is 5.69 Å². The maximum absolute atomic E-state index is 12.1. The number of halogens is 1. The fourth-order valence-electron chi connectivity index (χ4n) is 6.28. The second kappa shape index (κ2) is 6.72. The highest BCUT2D eigenvalue weighted by molar-refractivity contribution is 9.10. The highest BCUT2D eigenvalue weighted by atomic mass is 79.9. The van der Waals surface area contributed by atoms with E-state index >= 15 is 0 Å². The van der Waals surface area contributed by atoms with Crippen LogP contribution in [0, 0.1) is 11.8 Å². The number of Topliss-reactive ketones (excluding diaryl/α,β-unsaturated/α-hetero) is 1. The Kier molecular flexibility index (Phi) is 4.26. The third-order valence-corrected chi connectivity index (χ3v) is 8.13. The molecule has 0 radical (unpaired) electrons. The van der Waals surface area contributed by atoms with Crippen molar-refractivity contribution in [1.29, 1.82) is 0 Å². The molecule has 5 atom stereocenters. The number of ketones is 1. The van der Waals surface area contributed by atoms with Crippen molar-refractivity contribution in [3.8, 4) is 11.5 Å². The molecule has 1 saturated carbocycles. The van der Waals surface area contributed by atoms with Crippen molar-refractivity contribution in [2.24, 2.45) is 11.8 Å². The minimum atomic E-state index is -0.0989. The Hall–Kier alpha value is -2.05. The summed E-state index contributed by atoms with van der Waals surface area (Å²) in [5, 5.41) is 3.80. The molecule has 2 aromatic carbocycles. The van der Waals surface area contributed by atoms with Gasteiger partial charge in [0, 0.05) is 21.6 Å². The monoisotopic (exact) mass is 483 g/mol. The van der Waals surface area contributed by atoms with E-state index in [9.17, 15) is 4.79 Å². The van der Waals surface area contributed by atoms with Crippen molar-refractivity contribution in [2.75, 3.05) is 12.1 Å². The molecule has 1 aliphatic carbocycles. The van der Waals surface area contributed by atoms with Gasteiger partial charge in [-0.25, -0.2) is 0 Å². The lowest BCUT2D eigenvalue weighted by atomic mass is 9.76. The third-order valence-electron chi connectivity index (χ3n) is 7.45. The van der Waals surface area contributed by atoms with Crippen LogP contribution in [0.1, 0.15) is 67.1 Å². The molecule has 0 aromatic heterocycles. The number of hydrogen-bond acceptors (Lipinski definition) is 5. The second-order valence-electron chi connectivity index (χ2n) is 9.94. The second-order valence-corrected chi connectivity index (χ2v) is 10.8. The fraction of sp³-hybridized carbons (Fsp3) is 0.480. The summed E-state index contributed by atoms with van der Waals surface area (Å²) in [7, 11) is 0. The van der Waals surface area contributed by atoms with Crippen LogP contribution in [0.15, 0.2) is 34.8 Å². The van der Waals surface area contributed by atoms with Gasteiger partial charge in [0.1, 0.15) is 0 Å². The Morgan fingerprint density at radius 1 is 1.13 bits per heavy atom. The van der Waals surface area contributed by atoms with E-state index in [1.807, 2.05) is 12.1 Å². The molecular weight excluding hydrogens is 458 g/mol. The van der Waals surface area contributed by atoms with Crippen molar-refractivity contribution < 1.29 is 19.0 Å². The number of hydrogen-bond donors (Lipinski definition) is 1. The Labute approximate surface area is 190 Å². The lowest BCUT2D eigenvalue weighted by molar-refractivity contribution is -0.0303. The zero-order valence-corrected chi connectivity index (χ0v) is 19.5. The number of nitrogens with one attached hydrogen (secondary N) is 1. The molecular formula is C25H26BrNO4. The molecule has 5 nitrogen and oxygen atoms in total. The smallest absolute Gasteiger partial charge is 0.231 e. The predicted octanol–water partition coefficient (Wildman–Crippen LogP) is 5.83. The van der Waals surface area contributed by atoms with Gasteiger partial charge in [0.05, 0.1) is 17.7 Å². The number of ether oxygens (including phenoxy) is 3. The van der Waals surface area contributed by atoms with Gasteiger partial charge >= 0.3 is 0 Å². The zero-order valence-electron chi connectivity index (χ0n) is 17.9. The molecule has 162 valence electrons. The zero-order chi connectivity index (χ0) is 21.5. The molecule has 4 aliphatic rings. The summed E-state index contributed by atoms with van der Waals surface area (Å²) >= 11 is 3.78. The standard InChI is InChI=1S/C25H26BrNO4/c1-12(28)13-4-5-19-16(6-13)22-17(7-14-10-25(2,3)31-24(14)22)23(27-19)15-8-20-21(9-18(15)26)30-11-29-20/h4-6,8-9,14,17,22-24,27H,7,10-11H2,1-3H3/t14-,17+,22+,23+,24+/m1/s1. The quantitative estimate of drug-likeness (QED) is 0.544. The van der Waals surface area contributed by atoms with Crippen LogP contribution < -0.4 is 14.8 Å². The fourth-order valence-corrected chi connectivity index (χ4v) is 6.85. The van der Waals surface area contributed by atoms with Crippen LogP contribution in [-0.2, 0) is 4.74 Å². The topological polar surface area (TPSA) is 56.8 Å². The van der Waals surface area contributed by atoms with Crippen molar-refractivity contribution in [2.45, 2.75) is 57.3 Å². The van der Waals surface area contributed by atoms with Gasteiger partial charge in [-0.05, 0) is 86.9 Å². The summed E-state index contributed by atoms with van der Waals surface area (Å²) in [5.74, 6) is 2.83. The Morgan fingerprint density at radius 2 is 1.90 bits per heavy atom. The lowest BCUT2D eigenvalue weighted by Gasteiger charge is -2.40. The summed E-state index contributed by atoms with van der Waals surface area (Å²) in [6.07, 6.45) is 2.35. The summed E-state index contributed by atoms with van der Waals surface area (Å²) in [6, 6.07) is 10.3. The van der Waals surface area contributed by atoms with Gasteiger partial charge in [-0.2, -0.15) is 0 Å². The molecule has 6 rings (SSSR count). The van der Waals surface area contributed by atoms with Crippen molar-refractivity contribution >= 4 is 27.4 Å². The molecule has 0 unspecified atom stereocenters. The van der Waals surface area contributed by atoms with Gasteiger partial charge in [-0.15, -0.1) is 0 Å². The van der Waals surface area contributed by atoms with Crippen LogP contribution in [-0.4, -0.2) is 24.3 Å². The summed E-state index contributed by atoms with van der Waals surface area (Å²) in [5.41, 5.74) is 4.16. The molecule has 3 aliphatic heterocycles. The SMILES string of the molecule is CC(=O)c1ccc2c(c1)[C@H]1[C@H](C[C@@H]3CC(C)(C)O[C@@H]31)[C@H](c1cc3c(cc1Br)OCO3)N2. The first-order valence-corrected chi connectivity index (χ1v) is 11.8. The molecule has 0 bridgehead atoms. The van der Waals surface area contributed by atoms with E-state index in [-0.39, 0.29) is 36.2 Å². The Balaban J connectivity index is 1.47. The predicted molar refractivity (Wildman–Crippen MR) is 121 cm³/mol. The molecule has 0 amide bonds. The van der Waals surface area contributed by atoms with Gasteiger partial charge < -0.3 is 19.5 Å². The largest absolute Gasteiger partial charge is 0.454 e. The van der Waals surface area contributed by atoms with E-state index in [0.717, 1.165) is 40.1 Å². The molecule has 2 fully saturated rings. The summed E-state index contributed by atoms with van der Waals surface area (Å²) in [4.78, 5) is 12.1. The molecule has 6 heteroatoms. The number of rotatable bonds is 2. The summed E-state index contributed by atoms with van der Waals surface area (Å²) < 4.78 is 18.9. The maximum atomic E-state index is 12.1. The van der Waals surface area contributed by atoms with Gasteiger partial charge in [0.2, 0.25) is 6.79 Å². The Morgan fingerprint density at radius 3 is 2.68 bits per heavy atom. The highest BCUT2D eigenvalue weighted by Crippen LogP contribution is 2.61. The van der Waals surface area contributed by atoms with E-state index in [4.69, 9.17) is 14.2 Å². The number of benzene rings is 2. The van der Waals surface area contributed by atoms with Crippen molar-refractivity contribution in [3.63, 3.8) is 0 Å². The molecule has 31 heavy (non-hydrogen) atoms. The molecule has 2 aromatic rings. The Bertz CT molecular complexity index is 1100. The average molecular weight is 484 g/mol. The highest BCUT2D eigenvalue weighted by Gasteiger charge is 2.56. The van der Waals surface area contributed by atoms with Gasteiger partial charge in [0.25, 0.3) is 0 Å². The van der Waals surface area contributed by atoms with Gasteiger partial charge in [-0.3, -0.25) is 4.79 Å². The van der Waals surface area contributed by atoms with Crippen LogP contribution in [0.2, 0.25) is 0 Å². The van der Waals surface area contributed by atoms with Crippen molar-refractivity contribution in [3.05, 3.63) is 51.5 Å². The first-order chi connectivity index (χ1) is 14.8. The lowest BCUT2D eigenvalue weighted by Crippen LogP contribution is -2.34. The van der Waals surface area contributed by atoms with E-state index in [1.165, 1.54) is 11.1 Å². The third kappa shape index (κ3) is 3.02. The van der Waals surface area contributed by atoms with Gasteiger partial charge in [0.15, 0.2) is 17.3 Å². The minimum Gasteiger partial charge on any atom is -0.454 e. The number of fused-ring (bicyclic) bond motifs is 6. The number of carbonyl (C=O) groups excluding carboxylic acids is 1. The van der Waals surface area contributed by atoms with Crippen LogP contribution >= 0.6 is 15.9 Å². The van der Waals surface area contributed by atoms with Crippen molar-refractivity contribution in [1.82, 2.24) is 0 Å². The molecule has 0 spiro atoms. The first kappa shape index (κ1) is 19.6.